The van der Waals surface area contributed by atoms with Crippen LogP contribution in [0.2, 0.25) is 5.02 Å². The molecule has 0 atom stereocenters. The molecule has 0 saturated carbocycles. The first-order valence-corrected chi connectivity index (χ1v) is 6.70. The monoisotopic (exact) mass is 301 g/mol. The van der Waals surface area contributed by atoms with Crippen molar-refractivity contribution in [3.05, 3.63) is 33.3 Å². The van der Waals surface area contributed by atoms with Crippen molar-refractivity contribution in [3.63, 3.8) is 0 Å². The average molecular weight is 302 g/mol. The second-order valence-corrected chi connectivity index (χ2v) is 4.92. The van der Waals surface area contributed by atoms with E-state index in [2.05, 4.69) is 12.2 Å². The summed E-state index contributed by atoms with van der Waals surface area (Å²) in [6, 6.07) is 4.22. The van der Waals surface area contributed by atoms with Gasteiger partial charge in [0, 0.05) is 25.7 Å². The van der Waals surface area contributed by atoms with Gasteiger partial charge in [0.05, 0.1) is 15.6 Å². The Morgan fingerprint density at radius 1 is 1.58 bits per heavy atom. The number of hydrogen-bond acceptors (Lipinski definition) is 3. The second kappa shape index (κ2) is 7.25. The van der Waals surface area contributed by atoms with Gasteiger partial charge in [-0.3, -0.25) is 10.1 Å². The normalized spacial score (nSPS) is 10.1. The van der Waals surface area contributed by atoms with Crippen molar-refractivity contribution in [1.82, 2.24) is 4.90 Å². The van der Waals surface area contributed by atoms with Crippen LogP contribution >= 0.6 is 23.8 Å². The SMILES string of the molecule is CCCCN(C)C(=S)Nc1cc([N+](=O)[O-])ccc1Cl. The molecule has 1 aromatic carbocycles. The first-order chi connectivity index (χ1) is 8.95. The fourth-order valence-electron chi connectivity index (χ4n) is 1.43. The molecule has 7 heteroatoms. The Morgan fingerprint density at radius 3 is 2.84 bits per heavy atom. The topological polar surface area (TPSA) is 58.4 Å². The highest BCUT2D eigenvalue weighted by Gasteiger charge is 2.12. The molecule has 5 nitrogen and oxygen atoms in total. The standard InChI is InChI=1S/C12H16ClN3O2S/c1-3-4-7-15(2)12(19)14-11-8-9(16(17)18)5-6-10(11)13/h5-6,8H,3-4,7H2,1-2H3,(H,14,19). The highest BCUT2D eigenvalue weighted by Crippen LogP contribution is 2.26. The summed E-state index contributed by atoms with van der Waals surface area (Å²) < 4.78 is 0. The summed E-state index contributed by atoms with van der Waals surface area (Å²) in [5, 5.41) is 14.5. The molecule has 19 heavy (non-hydrogen) atoms. The number of rotatable bonds is 5. The fourth-order valence-corrected chi connectivity index (χ4v) is 1.80. The summed E-state index contributed by atoms with van der Waals surface area (Å²) in [6.45, 7) is 2.93. The van der Waals surface area contributed by atoms with Crippen molar-refractivity contribution in [1.29, 1.82) is 0 Å². The molecule has 0 aromatic heterocycles. The van der Waals surface area contributed by atoms with E-state index in [1.54, 1.807) is 0 Å². The molecule has 104 valence electrons. The van der Waals surface area contributed by atoms with Gasteiger partial charge in [0.1, 0.15) is 0 Å². The number of unbranched alkanes of at least 4 members (excludes halogenated alkanes) is 1. The number of nitro benzene ring substituents is 1. The lowest BCUT2D eigenvalue weighted by Gasteiger charge is -2.21. The largest absolute Gasteiger partial charge is 0.352 e. The van der Waals surface area contributed by atoms with Gasteiger partial charge in [-0.15, -0.1) is 0 Å². The van der Waals surface area contributed by atoms with E-state index in [4.69, 9.17) is 23.8 Å². The van der Waals surface area contributed by atoms with Crippen LogP contribution in [-0.4, -0.2) is 28.5 Å². The van der Waals surface area contributed by atoms with Gasteiger partial charge < -0.3 is 10.2 Å². The molecule has 0 radical (unpaired) electrons. The van der Waals surface area contributed by atoms with Crippen LogP contribution in [0.4, 0.5) is 11.4 Å². The van der Waals surface area contributed by atoms with Gasteiger partial charge in [-0.2, -0.15) is 0 Å². The van der Waals surface area contributed by atoms with Crippen LogP contribution in [0, 0.1) is 10.1 Å². The van der Waals surface area contributed by atoms with Gasteiger partial charge in [-0.25, -0.2) is 0 Å². The molecule has 0 heterocycles. The Hall–Kier alpha value is -1.40. The van der Waals surface area contributed by atoms with Crippen molar-refractivity contribution < 1.29 is 4.92 Å². The molecule has 0 unspecified atom stereocenters. The quantitative estimate of drug-likeness (QED) is 0.511. The van der Waals surface area contributed by atoms with E-state index in [0.29, 0.717) is 15.8 Å². The molecule has 0 bridgehead atoms. The minimum absolute atomic E-state index is 0.0223. The number of non-ortho nitro benzene ring substituents is 1. The smallest absolute Gasteiger partial charge is 0.271 e. The predicted octanol–water partition coefficient (Wildman–Crippen LogP) is 3.68. The van der Waals surface area contributed by atoms with E-state index in [-0.39, 0.29) is 5.69 Å². The Kier molecular flexibility index (Phi) is 5.98. The van der Waals surface area contributed by atoms with Crippen LogP contribution in [0.25, 0.3) is 0 Å². The van der Waals surface area contributed by atoms with Crippen LogP contribution in [0.3, 0.4) is 0 Å². The first kappa shape index (κ1) is 15.7. The van der Waals surface area contributed by atoms with Gasteiger partial charge in [-0.05, 0) is 24.7 Å². The van der Waals surface area contributed by atoms with Crippen LogP contribution in [0.1, 0.15) is 19.8 Å². The maximum absolute atomic E-state index is 10.7. The Bertz CT molecular complexity index is 482. The maximum atomic E-state index is 10.7. The van der Waals surface area contributed by atoms with Crippen molar-refractivity contribution >= 4 is 40.3 Å². The van der Waals surface area contributed by atoms with E-state index in [1.807, 2.05) is 11.9 Å². The molecular formula is C12H16ClN3O2S. The van der Waals surface area contributed by atoms with Crippen LogP contribution < -0.4 is 5.32 Å². The number of halogens is 1. The van der Waals surface area contributed by atoms with Crippen molar-refractivity contribution in [2.75, 3.05) is 18.9 Å². The van der Waals surface area contributed by atoms with Crippen LogP contribution in [0.15, 0.2) is 18.2 Å². The highest BCUT2D eigenvalue weighted by atomic mass is 35.5. The molecular weight excluding hydrogens is 286 g/mol. The fraction of sp³-hybridized carbons (Fsp3) is 0.417. The molecule has 0 aliphatic carbocycles. The number of nitro groups is 1. The average Bonchev–Trinajstić information content (AvgIpc) is 2.38. The van der Waals surface area contributed by atoms with Gasteiger partial charge in [0.15, 0.2) is 5.11 Å². The molecule has 0 saturated heterocycles. The van der Waals surface area contributed by atoms with E-state index in [9.17, 15) is 10.1 Å². The summed E-state index contributed by atoms with van der Waals surface area (Å²) in [4.78, 5) is 12.1. The summed E-state index contributed by atoms with van der Waals surface area (Å²) in [5.74, 6) is 0. The number of nitrogens with one attached hydrogen (secondary N) is 1. The molecule has 0 fully saturated rings. The summed E-state index contributed by atoms with van der Waals surface area (Å²) in [6.07, 6.45) is 2.10. The zero-order valence-electron chi connectivity index (χ0n) is 10.9. The third-order valence-corrected chi connectivity index (χ3v) is 3.34. The lowest BCUT2D eigenvalue weighted by molar-refractivity contribution is -0.384. The second-order valence-electron chi connectivity index (χ2n) is 4.13. The summed E-state index contributed by atoms with van der Waals surface area (Å²) in [7, 11) is 1.87. The lowest BCUT2D eigenvalue weighted by Crippen LogP contribution is -2.31. The maximum Gasteiger partial charge on any atom is 0.271 e. The summed E-state index contributed by atoms with van der Waals surface area (Å²) >= 11 is 11.2. The van der Waals surface area contributed by atoms with Gasteiger partial charge in [0.25, 0.3) is 5.69 Å². The van der Waals surface area contributed by atoms with E-state index < -0.39 is 4.92 Å². The number of benzene rings is 1. The molecule has 1 aromatic rings. The first-order valence-electron chi connectivity index (χ1n) is 5.91. The van der Waals surface area contributed by atoms with E-state index >= 15 is 0 Å². The Balaban J connectivity index is 2.78. The van der Waals surface area contributed by atoms with Crippen molar-refractivity contribution in [2.45, 2.75) is 19.8 Å². The molecule has 0 aliphatic heterocycles. The molecule has 0 aliphatic rings. The molecule has 1 rings (SSSR count). The minimum Gasteiger partial charge on any atom is -0.352 e. The lowest BCUT2D eigenvalue weighted by atomic mass is 10.3. The van der Waals surface area contributed by atoms with Gasteiger partial charge in [-0.1, -0.05) is 24.9 Å². The Morgan fingerprint density at radius 2 is 2.26 bits per heavy atom. The van der Waals surface area contributed by atoms with Crippen molar-refractivity contribution in [3.8, 4) is 0 Å². The van der Waals surface area contributed by atoms with Crippen LogP contribution in [-0.2, 0) is 0 Å². The van der Waals surface area contributed by atoms with Crippen LogP contribution in [0.5, 0.6) is 0 Å². The van der Waals surface area contributed by atoms with E-state index in [0.717, 1.165) is 19.4 Å². The highest BCUT2D eigenvalue weighted by molar-refractivity contribution is 7.80. The van der Waals surface area contributed by atoms with Crippen molar-refractivity contribution in [2.24, 2.45) is 0 Å². The minimum atomic E-state index is -0.467. The zero-order valence-corrected chi connectivity index (χ0v) is 12.4. The molecule has 0 spiro atoms. The third-order valence-electron chi connectivity index (χ3n) is 2.60. The number of hydrogen-bond donors (Lipinski definition) is 1. The zero-order chi connectivity index (χ0) is 14.4. The van der Waals surface area contributed by atoms with Gasteiger partial charge >= 0.3 is 0 Å². The Labute approximate surface area is 122 Å². The third kappa shape index (κ3) is 4.65. The van der Waals surface area contributed by atoms with E-state index in [1.165, 1.54) is 18.2 Å². The number of anilines is 1. The molecule has 0 amide bonds. The summed E-state index contributed by atoms with van der Waals surface area (Å²) in [5.41, 5.74) is 0.426. The predicted molar refractivity (Wildman–Crippen MR) is 81.9 cm³/mol. The van der Waals surface area contributed by atoms with Gasteiger partial charge in [0.2, 0.25) is 0 Å². The number of nitrogens with zero attached hydrogens (tertiary/aromatic N) is 2. The molecule has 1 N–H and O–H groups in total. The number of thiocarbonyl (C=S) groups is 1.